The third-order valence-electron chi connectivity index (χ3n) is 4.09. The summed E-state index contributed by atoms with van der Waals surface area (Å²) in [5, 5.41) is 11.0. The zero-order chi connectivity index (χ0) is 18.8. The van der Waals surface area contributed by atoms with E-state index in [9.17, 15) is 14.9 Å². The number of nitro groups is 1. The third-order valence-corrected chi connectivity index (χ3v) is 4.09. The Bertz CT molecular complexity index is 991. The van der Waals surface area contributed by atoms with Crippen LogP contribution in [0.4, 0.5) is 5.69 Å². The van der Waals surface area contributed by atoms with Gasteiger partial charge in [-0.2, -0.15) is 0 Å². The molecule has 0 saturated carbocycles. The van der Waals surface area contributed by atoms with E-state index in [1.165, 1.54) is 13.0 Å². The lowest BCUT2D eigenvalue weighted by Crippen LogP contribution is -1.95. The van der Waals surface area contributed by atoms with Crippen LogP contribution < -0.4 is 4.74 Å². The van der Waals surface area contributed by atoms with E-state index in [4.69, 9.17) is 4.74 Å². The highest BCUT2D eigenvalue weighted by molar-refractivity contribution is 5.99. The summed E-state index contributed by atoms with van der Waals surface area (Å²) in [6.07, 6.45) is 0. The van der Waals surface area contributed by atoms with E-state index >= 15 is 0 Å². The number of ketones is 1. The first kappa shape index (κ1) is 17.3. The summed E-state index contributed by atoms with van der Waals surface area (Å²) in [5.41, 5.74) is 2.95. The van der Waals surface area contributed by atoms with Crippen molar-refractivity contribution in [3.05, 3.63) is 63.8 Å². The Kier molecular flexibility index (Phi) is 4.53. The highest BCUT2D eigenvalue weighted by Crippen LogP contribution is 2.30. The van der Waals surface area contributed by atoms with Crippen molar-refractivity contribution < 1.29 is 14.5 Å². The smallest absolute Gasteiger partial charge is 0.272 e. The number of carbonyl (C=O) groups is 1. The second-order valence-electron chi connectivity index (χ2n) is 5.85. The van der Waals surface area contributed by atoms with Crippen LogP contribution in [0.15, 0.2) is 42.5 Å². The largest absolute Gasteiger partial charge is 0.497 e. The van der Waals surface area contributed by atoms with Crippen molar-refractivity contribution in [2.75, 3.05) is 7.11 Å². The number of hydrogen-bond acceptors (Lipinski definition) is 5. The van der Waals surface area contributed by atoms with E-state index in [1.54, 1.807) is 38.3 Å². The number of aromatic amines is 1. The summed E-state index contributed by atoms with van der Waals surface area (Å²) >= 11 is 0. The predicted molar refractivity (Wildman–Crippen MR) is 97.4 cm³/mol. The standard InChI is InChI=1S/C19H17N3O4/c1-11-10-14(6-9-16(11)22(24)25)19-20-17(12(2)23)18(21-19)13-4-7-15(26-3)8-5-13/h4-10H,1-3H3,(H,20,21). The summed E-state index contributed by atoms with van der Waals surface area (Å²) < 4.78 is 5.15. The summed E-state index contributed by atoms with van der Waals surface area (Å²) in [6.45, 7) is 3.13. The molecule has 1 N–H and O–H groups in total. The fourth-order valence-corrected chi connectivity index (χ4v) is 2.73. The molecular weight excluding hydrogens is 334 g/mol. The molecule has 0 atom stereocenters. The summed E-state index contributed by atoms with van der Waals surface area (Å²) in [6, 6.07) is 12.0. The number of H-pyrrole nitrogens is 1. The molecule has 2 aromatic carbocycles. The first-order valence-corrected chi connectivity index (χ1v) is 7.91. The van der Waals surface area contributed by atoms with Crippen LogP contribution in [0.2, 0.25) is 0 Å². The Labute approximate surface area is 149 Å². The molecule has 0 amide bonds. The second kappa shape index (κ2) is 6.79. The molecule has 0 aliphatic rings. The van der Waals surface area contributed by atoms with Gasteiger partial charge in [-0.3, -0.25) is 14.9 Å². The Balaban J connectivity index is 2.08. The number of hydrogen-bond donors (Lipinski definition) is 1. The van der Waals surface area contributed by atoms with Crippen LogP contribution in [0.3, 0.4) is 0 Å². The van der Waals surface area contributed by atoms with Gasteiger partial charge in [0.05, 0.1) is 17.7 Å². The lowest BCUT2D eigenvalue weighted by Gasteiger charge is -2.02. The number of aromatic nitrogens is 2. The number of imidazole rings is 1. The first-order chi connectivity index (χ1) is 12.4. The number of aryl methyl sites for hydroxylation is 1. The average Bonchev–Trinajstić information content (AvgIpc) is 3.07. The molecule has 0 bridgehead atoms. The third kappa shape index (κ3) is 3.19. The SMILES string of the molecule is COc1ccc(-c2nc(-c3ccc([N+](=O)[O-])c(C)c3)[nH]c2C(C)=O)cc1. The van der Waals surface area contributed by atoms with Crippen LogP contribution in [0, 0.1) is 17.0 Å². The second-order valence-corrected chi connectivity index (χ2v) is 5.85. The maximum Gasteiger partial charge on any atom is 0.272 e. The molecule has 0 fully saturated rings. The number of ether oxygens (including phenoxy) is 1. The maximum atomic E-state index is 12.0. The van der Waals surface area contributed by atoms with Crippen LogP contribution in [-0.2, 0) is 0 Å². The van der Waals surface area contributed by atoms with Gasteiger partial charge in [-0.15, -0.1) is 0 Å². The van der Waals surface area contributed by atoms with E-state index in [0.717, 1.165) is 5.56 Å². The number of benzene rings is 2. The van der Waals surface area contributed by atoms with Crippen molar-refractivity contribution in [3.63, 3.8) is 0 Å². The van der Waals surface area contributed by atoms with Crippen molar-refractivity contribution in [2.24, 2.45) is 0 Å². The average molecular weight is 351 g/mol. The molecule has 26 heavy (non-hydrogen) atoms. The van der Waals surface area contributed by atoms with Gasteiger partial charge < -0.3 is 9.72 Å². The van der Waals surface area contributed by atoms with E-state index in [-0.39, 0.29) is 11.5 Å². The number of methoxy groups -OCH3 is 1. The Hall–Kier alpha value is -3.48. The zero-order valence-corrected chi connectivity index (χ0v) is 14.6. The van der Waals surface area contributed by atoms with E-state index in [0.29, 0.717) is 34.1 Å². The molecule has 0 saturated heterocycles. The minimum Gasteiger partial charge on any atom is -0.497 e. The molecule has 0 spiro atoms. The predicted octanol–water partition coefficient (Wildman–Crippen LogP) is 4.17. The molecule has 7 heteroatoms. The van der Waals surface area contributed by atoms with E-state index in [1.807, 2.05) is 12.1 Å². The molecule has 3 rings (SSSR count). The van der Waals surface area contributed by atoms with Crippen LogP contribution in [-0.4, -0.2) is 27.8 Å². The highest BCUT2D eigenvalue weighted by Gasteiger charge is 2.18. The van der Waals surface area contributed by atoms with Crippen LogP contribution in [0.25, 0.3) is 22.6 Å². The quantitative estimate of drug-likeness (QED) is 0.422. The molecule has 0 radical (unpaired) electrons. The number of nitro benzene ring substituents is 1. The topological polar surface area (TPSA) is 98.1 Å². The number of carbonyl (C=O) groups excluding carboxylic acids is 1. The molecule has 132 valence electrons. The van der Waals surface area contributed by atoms with Gasteiger partial charge in [0.15, 0.2) is 5.78 Å². The zero-order valence-electron chi connectivity index (χ0n) is 14.6. The summed E-state index contributed by atoms with van der Waals surface area (Å²) in [7, 11) is 1.58. The number of rotatable bonds is 5. The van der Waals surface area contributed by atoms with Gasteiger partial charge in [-0.25, -0.2) is 4.98 Å². The molecule has 0 aliphatic heterocycles. The van der Waals surface area contributed by atoms with Gasteiger partial charge in [-0.05, 0) is 43.3 Å². The lowest BCUT2D eigenvalue weighted by atomic mass is 10.1. The van der Waals surface area contributed by atoms with E-state index in [2.05, 4.69) is 9.97 Å². The Morgan fingerprint density at radius 2 is 1.81 bits per heavy atom. The Morgan fingerprint density at radius 1 is 1.15 bits per heavy atom. The molecule has 0 aliphatic carbocycles. The van der Waals surface area contributed by atoms with Crippen LogP contribution in [0.1, 0.15) is 23.0 Å². The van der Waals surface area contributed by atoms with Crippen molar-refractivity contribution in [2.45, 2.75) is 13.8 Å². The summed E-state index contributed by atoms with van der Waals surface area (Å²) in [5.74, 6) is 1.05. The molecule has 1 heterocycles. The van der Waals surface area contributed by atoms with Gasteiger partial charge in [0, 0.05) is 29.7 Å². The normalized spacial score (nSPS) is 10.6. The molecule has 7 nitrogen and oxygen atoms in total. The van der Waals surface area contributed by atoms with E-state index < -0.39 is 4.92 Å². The van der Waals surface area contributed by atoms with Crippen molar-refractivity contribution >= 4 is 11.5 Å². The van der Waals surface area contributed by atoms with Crippen LogP contribution >= 0.6 is 0 Å². The van der Waals surface area contributed by atoms with Crippen LogP contribution in [0.5, 0.6) is 5.75 Å². The molecule has 0 unspecified atom stereocenters. The van der Waals surface area contributed by atoms with Gasteiger partial charge in [0.1, 0.15) is 17.3 Å². The molecule has 3 aromatic rings. The summed E-state index contributed by atoms with van der Waals surface area (Å²) in [4.78, 5) is 30.2. The van der Waals surface area contributed by atoms with Gasteiger partial charge >= 0.3 is 0 Å². The molecular formula is C19H17N3O4. The first-order valence-electron chi connectivity index (χ1n) is 7.91. The van der Waals surface area contributed by atoms with Gasteiger partial charge in [-0.1, -0.05) is 0 Å². The highest BCUT2D eigenvalue weighted by atomic mass is 16.6. The number of Topliss-reactive ketones (excluding diaryl/α,β-unsaturated/α-hetero) is 1. The number of nitrogens with zero attached hydrogens (tertiary/aromatic N) is 2. The fourth-order valence-electron chi connectivity index (χ4n) is 2.73. The number of nitrogens with one attached hydrogen (secondary N) is 1. The fraction of sp³-hybridized carbons (Fsp3) is 0.158. The van der Waals surface area contributed by atoms with Gasteiger partial charge in [0.2, 0.25) is 0 Å². The minimum atomic E-state index is -0.426. The lowest BCUT2D eigenvalue weighted by molar-refractivity contribution is -0.385. The van der Waals surface area contributed by atoms with Gasteiger partial charge in [0.25, 0.3) is 5.69 Å². The van der Waals surface area contributed by atoms with Crippen molar-refractivity contribution in [1.29, 1.82) is 0 Å². The van der Waals surface area contributed by atoms with Crippen molar-refractivity contribution in [1.82, 2.24) is 9.97 Å². The monoisotopic (exact) mass is 351 g/mol. The molecule has 1 aromatic heterocycles. The Morgan fingerprint density at radius 3 is 2.35 bits per heavy atom. The van der Waals surface area contributed by atoms with Crippen molar-refractivity contribution in [3.8, 4) is 28.4 Å². The minimum absolute atomic E-state index is 0.0440. The maximum absolute atomic E-state index is 12.0.